The maximum absolute atomic E-state index is 14.0. The average molecular weight is 655 g/mol. The normalized spacial score (nSPS) is 20.5. The summed E-state index contributed by atoms with van der Waals surface area (Å²) in [4.78, 5) is 28.3. The van der Waals surface area contributed by atoms with E-state index in [0.717, 1.165) is 30.5 Å². The number of allylic oxidation sites excluding steroid dienone is 1. The summed E-state index contributed by atoms with van der Waals surface area (Å²) >= 11 is 6.37. The van der Waals surface area contributed by atoms with Gasteiger partial charge in [-0.15, -0.1) is 5.10 Å². The predicted octanol–water partition coefficient (Wildman–Crippen LogP) is 4.76. The van der Waals surface area contributed by atoms with Crippen molar-refractivity contribution in [2.45, 2.75) is 56.8 Å². The van der Waals surface area contributed by atoms with Crippen molar-refractivity contribution in [3.8, 4) is 0 Å². The summed E-state index contributed by atoms with van der Waals surface area (Å²) < 4.78 is 1.73. The number of hydrogen-bond donors (Lipinski definition) is 4. The van der Waals surface area contributed by atoms with Crippen LogP contribution in [0.5, 0.6) is 0 Å². The van der Waals surface area contributed by atoms with Crippen molar-refractivity contribution in [1.29, 1.82) is 0 Å². The van der Waals surface area contributed by atoms with E-state index < -0.39 is 17.4 Å². The number of benzene rings is 3. The van der Waals surface area contributed by atoms with Gasteiger partial charge in [-0.2, -0.15) is 0 Å². The van der Waals surface area contributed by atoms with Gasteiger partial charge in [0.15, 0.2) is 5.60 Å². The Kier molecular flexibility index (Phi) is 9.84. The van der Waals surface area contributed by atoms with Crippen molar-refractivity contribution < 1.29 is 19.8 Å². The fourth-order valence-corrected chi connectivity index (χ4v) is 6.60. The summed E-state index contributed by atoms with van der Waals surface area (Å²) in [7, 11) is 0. The second-order valence-corrected chi connectivity index (χ2v) is 12.7. The van der Waals surface area contributed by atoms with Crippen LogP contribution in [-0.4, -0.2) is 56.2 Å². The van der Waals surface area contributed by atoms with E-state index in [1.165, 1.54) is 0 Å². The first-order chi connectivity index (χ1) is 22.8. The SMILES string of the molecule is C[C@@H](/C=C/CCn1cc(C(CO)c2ccccc2)nn1)[C@]1(O)C(=O)N(Cc2cccc(NC(=O)[C@H]3CCCN3)c2)c2ccc(Cl)cc21. The number of aromatic nitrogens is 3. The maximum Gasteiger partial charge on any atom is 0.264 e. The Labute approximate surface area is 279 Å². The van der Waals surface area contributed by atoms with Gasteiger partial charge >= 0.3 is 0 Å². The van der Waals surface area contributed by atoms with E-state index in [-0.39, 0.29) is 31.0 Å². The van der Waals surface area contributed by atoms with Gasteiger partial charge in [-0.05, 0) is 67.3 Å². The fourth-order valence-electron chi connectivity index (χ4n) is 6.43. The molecule has 10 nitrogen and oxygen atoms in total. The standard InChI is InChI=1S/C36H39ClN6O4/c1-24(9-5-6-18-42-22-32(40-41-42)29(23-44)26-11-3-2-4-12-26)36(47)30-20-27(37)15-16-33(30)43(35(36)46)21-25-10-7-13-28(19-25)39-34(45)31-14-8-17-38-31/h2-5,7,9-13,15-16,19-20,22,24,29,31,38,44,47H,6,8,14,17-18,21,23H2,1H3,(H,39,45)/b9-5+/t24-,29?,31+,36+/m0/s1. The van der Waals surface area contributed by atoms with E-state index in [2.05, 4.69) is 20.9 Å². The summed E-state index contributed by atoms with van der Waals surface area (Å²) in [6.45, 7) is 3.32. The topological polar surface area (TPSA) is 133 Å². The van der Waals surface area contributed by atoms with Crippen molar-refractivity contribution in [3.05, 3.63) is 119 Å². The maximum atomic E-state index is 14.0. The lowest BCUT2D eigenvalue weighted by Gasteiger charge is -2.28. The third-order valence-corrected chi connectivity index (χ3v) is 9.28. The molecule has 3 aromatic carbocycles. The summed E-state index contributed by atoms with van der Waals surface area (Å²) in [6, 6.07) is 22.1. The van der Waals surface area contributed by atoms with E-state index in [0.29, 0.717) is 40.6 Å². The molecular formula is C36H39ClN6O4. The Hall–Kier alpha value is -4.35. The molecule has 0 saturated carbocycles. The molecule has 1 saturated heterocycles. The van der Waals surface area contributed by atoms with Crippen molar-refractivity contribution in [1.82, 2.24) is 20.3 Å². The summed E-state index contributed by atoms with van der Waals surface area (Å²) in [5, 5.41) is 37.1. The monoisotopic (exact) mass is 654 g/mol. The molecular weight excluding hydrogens is 616 g/mol. The van der Waals surface area contributed by atoms with Gasteiger partial charge in [0.1, 0.15) is 0 Å². The van der Waals surface area contributed by atoms with Gasteiger partial charge < -0.3 is 25.7 Å². The number of nitrogens with one attached hydrogen (secondary N) is 2. The molecule has 0 radical (unpaired) electrons. The minimum Gasteiger partial charge on any atom is -0.395 e. The smallest absolute Gasteiger partial charge is 0.264 e. The van der Waals surface area contributed by atoms with Crippen molar-refractivity contribution >= 4 is 34.8 Å². The summed E-state index contributed by atoms with van der Waals surface area (Å²) in [5.74, 6) is -1.33. The molecule has 244 valence electrons. The number of nitrogens with zero attached hydrogens (tertiary/aromatic N) is 4. The zero-order valence-corrected chi connectivity index (χ0v) is 27.0. The molecule has 1 aromatic heterocycles. The third-order valence-electron chi connectivity index (χ3n) is 9.05. The first-order valence-corrected chi connectivity index (χ1v) is 16.4. The Morgan fingerprint density at radius 1 is 1.17 bits per heavy atom. The molecule has 4 aromatic rings. The average Bonchev–Trinajstić information content (AvgIpc) is 3.83. The van der Waals surface area contributed by atoms with Crippen LogP contribution in [0.15, 0.2) is 91.1 Å². The molecule has 1 fully saturated rings. The molecule has 1 unspecified atom stereocenters. The van der Waals surface area contributed by atoms with Crippen LogP contribution in [0, 0.1) is 5.92 Å². The van der Waals surface area contributed by atoms with E-state index in [4.69, 9.17) is 11.6 Å². The zero-order chi connectivity index (χ0) is 33.0. The molecule has 11 heteroatoms. The molecule has 2 aliphatic heterocycles. The molecule has 3 heterocycles. The highest BCUT2D eigenvalue weighted by atomic mass is 35.5. The number of fused-ring (bicyclic) bond motifs is 1. The molecule has 47 heavy (non-hydrogen) atoms. The minimum atomic E-state index is -1.82. The molecule has 0 bridgehead atoms. The lowest BCUT2D eigenvalue weighted by Crippen LogP contribution is -2.44. The Morgan fingerprint density at radius 3 is 2.77 bits per heavy atom. The van der Waals surface area contributed by atoms with E-state index >= 15 is 0 Å². The van der Waals surface area contributed by atoms with E-state index in [1.54, 1.807) is 27.8 Å². The van der Waals surface area contributed by atoms with Crippen molar-refractivity contribution in [3.63, 3.8) is 0 Å². The summed E-state index contributed by atoms with van der Waals surface area (Å²) in [5.41, 5.74) is 2.36. The van der Waals surface area contributed by atoms with Crippen LogP contribution in [0.1, 0.15) is 54.5 Å². The van der Waals surface area contributed by atoms with Crippen molar-refractivity contribution in [2.24, 2.45) is 5.92 Å². The highest BCUT2D eigenvalue weighted by Crippen LogP contribution is 2.46. The van der Waals surface area contributed by atoms with Crippen LogP contribution in [0.3, 0.4) is 0 Å². The largest absolute Gasteiger partial charge is 0.395 e. The van der Waals surface area contributed by atoms with E-state index in [9.17, 15) is 19.8 Å². The molecule has 4 atom stereocenters. The number of rotatable bonds is 12. The van der Waals surface area contributed by atoms with Gasteiger partial charge in [-0.1, -0.05) is 78.4 Å². The van der Waals surface area contributed by atoms with Crippen LogP contribution in [0.4, 0.5) is 11.4 Å². The second kappa shape index (κ2) is 14.2. The minimum absolute atomic E-state index is 0.0716. The Balaban J connectivity index is 1.13. The zero-order valence-electron chi connectivity index (χ0n) is 26.2. The van der Waals surface area contributed by atoms with Gasteiger partial charge in [0.05, 0.1) is 36.5 Å². The van der Waals surface area contributed by atoms with Crippen LogP contribution in [0.25, 0.3) is 0 Å². The lowest BCUT2D eigenvalue weighted by molar-refractivity contribution is -0.139. The lowest BCUT2D eigenvalue weighted by atomic mass is 9.83. The molecule has 6 rings (SSSR count). The number of anilines is 2. The quantitative estimate of drug-likeness (QED) is 0.162. The number of halogens is 1. The number of aliphatic hydroxyl groups excluding tert-OH is 1. The highest BCUT2D eigenvalue weighted by Gasteiger charge is 2.52. The molecule has 2 amide bonds. The Morgan fingerprint density at radius 2 is 2.00 bits per heavy atom. The number of carbonyl (C=O) groups excluding carboxylic acids is 2. The highest BCUT2D eigenvalue weighted by molar-refractivity contribution is 6.31. The summed E-state index contributed by atoms with van der Waals surface area (Å²) in [6.07, 6.45) is 7.97. The van der Waals surface area contributed by atoms with Crippen LogP contribution in [0.2, 0.25) is 5.02 Å². The van der Waals surface area contributed by atoms with Gasteiger partial charge in [-0.3, -0.25) is 14.3 Å². The van der Waals surface area contributed by atoms with Gasteiger partial charge in [-0.25, -0.2) is 0 Å². The molecule has 0 spiro atoms. The Bertz CT molecular complexity index is 1760. The van der Waals surface area contributed by atoms with E-state index in [1.807, 2.05) is 79.9 Å². The van der Waals surface area contributed by atoms with Crippen LogP contribution in [-0.2, 0) is 28.3 Å². The second-order valence-electron chi connectivity index (χ2n) is 12.2. The molecule has 2 aliphatic rings. The van der Waals surface area contributed by atoms with Crippen LogP contribution >= 0.6 is 11.6 Å². The number of hydrogen-bond acceptors (Lipinski definition) is 7. The fraction of sp³-hybridized carbons (Fsp3) is 0.333. The molecule has 0 aliphatic carbocycles. The number of amides is 2. The third kappa shape index (κ3) is 6.87. The number of aliphatic hydroxyl groups is 2. The first kappa shape index (κ1) is 32.6. The van der Waals surface area contributed by atoms with Gasteiger partial charge in [0.2, 0.25) is 5.91 Å². The predicted molar refractivity (Wildman–Crippen MR) is 181 cm³/mol. The first-order valence-electron chi connectivity index (χ1n) is 16.0. The van der Waals surface area contributed by atoms with Crippen LogP contribution < -0.4 is 15.5 Å². The van der Waals surface area contributed by atoms with Gasteiger partial charge in [0.25, 0.3) is 5.91 Å². The number of aryl methyl sites for hydroxylation is 1. The number of carbonyl (C=O) groups is 2. The molecule has 4 N–H and O–H groups in total. The van der Waals surface area contributed by atoms with Crippen molar-refractivity contribution in [2.75, 3.05) is 23.4 Å². The van der Waals surface area contributed by atoms with Gasteiger partial charge in [0, 0.05) is 34.9 Å².